The molecule has 1 aromatic carbocycles. The summed E-state index contributed by atoms with van der Waals surface area (Å²) in [6, 6.07) is 7.58. The molecule has 0 unspecified atom stereocenters. The first-order valence-electron chi connectivity index (χ1n) is 7.10. The summed E-state index contributed by atoms with van der Waals surface area (Å²) in [5, 5.41) is 8.94. The summed E-state index contributed by atoms with van der Waals surface area (Å²) in [4.78, 5) is 16.2. The second-order valence-corrected chi connectivity index (χ2v) is 4.82. The van der Waals surface area contributed by atoms with Crippen molar-refractivity contribution in [1.82, 2.24) is 4.90 Å². The number of carbonyl (C=O) groups is 1. The Morgan fingerprint density at radius 3 is 2.70 bits per heavy atom. The number of esters is 1. The fourth-order valence-corrected chi connectivity index (χ4v) is 2.42. The maximum absolute atomic E-state index is 11.7. The highest BCUT2D eigenvalue weighted by Crippen LogP contribution is 2.18. The van der Waals surface area contributed by atoms with Crippen molar-refractivity contribution in [2.24, 2.45) is 0 Å². The van der Waals surface area contributed by atoms with E-state index in [1.54, 1.807) is 6.07 Å². The molecule has 5 heteroatoms. The highest BCUT2D eigenvalue weighted by Gasteiger charge is 2.17. The van der Waals surface area contributed by atoms with Crippen LogP contribution in [-0.4, -0.2) is 61.9 Å². The molecule has 0 spiro atoms. The predicted octanol–water partition coefficient (Wildman–Crippen LogP) is 0.978. The van der Waals surface area contributed by atoms with E-state index in [0.29, 0.717) is 12.2 Å². The molecule has 0 radical (unpaired) electrons. The number of rotatable bonds is 5. The van der Waals surface area contributed by atoms with Gasteiger partial charge in [0, 0.05) is 38.4 Å². The van der Waals surface area contributed by atoms with Gasteiger partial charge in [-0.1, -0.05) is 6.07 Å². The van der Waals surface area contributed by atoms with Crippen LogP contribution in [0.25, 0.3) is 0 Å². The normalized spacial score (nSPS) is 16.2. The number of aliphatic hydroxyl groups excluding tert-OH is 1. The molecular weight excluding hydrogens is 256 g/mol. The summed E-state index contributed by atoms with van der Waals surface area (Å²) in [6.07, 6.45) is 0. The number of nitrogens with zero attached hydrogens (tertiary/aromatic N) is 2. The van der Waals surface area contributed by atoms with Gasteiger partial charge in [-0.3, -0.25) is 4.90 Å². The molecule has 1 aliphatic heterocycles. The van der Waals surface area contributed by atoms with Crippen LogP contribution in [0, 0.1) is 0 Å². The molecule has 1 aliphatic rings. The Labute approximate surface area is 119 Å². The fraction of sp³-hybridized carbons (Fsp3) is 0.533. The minimum absolute atomic E-state index is 0.207. The molecule has 1 fully saturated rings. The second-order valence-electron chi connectivity index (χ2n) is 4.82. The van der Waals surface area contributed by atoms with Crippen LogP contribution in [0.15, 0.2) is 24.3 Å². The van der Waals surface area contributed by atoms with Gasteiger partial charge in [0.15, 0.2) is 0 Å². The molecule has 1 heterocycles. The van der Waals surface area contributed by atoms with E-state index in [9.17, 15) is 4.79 Å². The molecule has 0 amide bonds. The maximum atomic E-state index is 11.7. The van der Waals surface area contributed by atoms with E-state index in [1.165, 1.54) is 0 Å². The lowest BCUT2D eigenvalue weighted by atomic mass is 10.1. The van der Waals surface area contributed by atoms with Crippen molar-refractivity contribution >= 4 is 11.7 Å². The topological polar surface area (TPSA) is 53.0 Å². The summed E-state index contributed by atoms with van der Waals surface area (Å²) < 4.78 is 5.03. The minimum atomic E-state index is -0.270. The molecular formula is C15H22N2O3. The van der Waals surface area contributed by atoms with Crippen molar-refractivity contribution in [1.29, 1.82) is 0 Å². The van der Waals surface area contributed by atoms with Gasteiger partial charge in [0.2, 0.25) is 0 Å². The highest BCUT2D eigenvalue weighted by molar-refractivity contribution is 5.90. The highest BCUT2D eigenvalue weighted by atomic mass is 16.5. The summed E-state index contributed by atoms with van der Waals surface area (Å²) in [5.41, 5.74) is 1.65. The van der Waals surface area contributed by atoms with E-state index in [4.69, 9.17) is 9.84 Å². The van der Waals surface area contributed by atoms with Crippen LogP contribution >= 0.6 is 0 Å². The molecule has 0 atom stereocenters. The van der Waals surface area contributed by atoms with Crippen LogP contribution in [0.4, 0.5) is 5.69 Å². The number of hydrogen-bond donors (Lipinski definition) is 1. The van der Waals surface area contributed by atoms with E-state index in [2.05, 4.69) is 9.80 Å². The van der Waals surface area contributed by atoms with Crippen LogP contribution in [0.2, 0.25) is 0 Å². The average molecular weight is 278 g/mol. The van der Waals surface area contributed by atoms with Crippen LogP contribution in [-0.2, 0) is 4.74 Å². The lowest BCUT2D eigenvalue weighted by Gasteiger charge is -2.35. The largest absolute Gasteiger partial charge is 0.462 e. The number of aliphatic hydroxyl groups is 1. The Kier molecular flexibility index (Phi) is 5.38. The SMILES string of the molecule is CCOC(=O)c1cccc(N2CCN(CCO)CC2)c1. The molecule has 20 heavy (non-hydrogen) atoms. The molecule has 0 aromatic heterocycles. The van der Waals surface area contributed by atoms with Crippen molar-refractivity contribution in [2.45, 2.75) is 6.92 Å². The Morgan fingerprint density at radius 1 is 1.30 bits per heavy atom. The van der Waals surface area contributed by atoms with Crippen molar-refractivity contribution in [3.63, 3.8) is 0 Å². The van der Waals surface area contributed by atoms with E-state index in [-0.39, 0.29) is 12.6 Å². The van der Waals surface area contributed by atoms with E-state index in [0.717, 1.165) is 38.4 Å². The third-order valence-corrected chi connectivity index (χ3v) is 3.51. The molecule has 5 nitrogen and oxygen atoms in total. The summed E-state index contributed by atoms with van der Waals surface area (Å²) in [7, 11) is 0. The molecule has 110 valence electrons. The quantitative estimate of drug-likeness (QED) is 0.814. The standard InChI is InChI=1S/C15H22N2O3/c1-2-20-15(19)13-4-3-5-14(12-13)17-8-6-16(7-9-17)10-11-18/h3-5,12,18H,2,6-11H2,1H3. The van der Waals surface area contributed by atoms with Gasteiger partial charge in [-0.15, -0.1) is 0 Å². The van der Waals surface area contributed by atoms with Gasteiger partial charge in [0.25, 0.3) is 0 Å². The molecule has 1 saturated heterocycles. The Morgan fingerprint density at radius 2 is 2.05 bits per heavy atom. The van der Waals surface area contributed by atoms with Crippen molar-refractivity contribution in [2.75, 3.05) is 50.8 Å². The third-order valence-electron chi connectivity index (χ3n) is 3.51. The molecule has 0 saturated carbocycles. The van der Waals surface area contributed by atoms with Crippen molar-refractivity contribution in [3.8, 4) is 0 Å². The number of carbonyl (C=O) groups excluding carboxylic acids is 1. The van der Waals surface area contributed by atoms with Crippen molar-refractivity contribution in [3.05, 3.63) is 29.8 Å². The first-order valence-corrected chi connectivity index (χ1v) is 7.10. The van der Waals surface area contributed by atoms with E-state index < -0.39 is 0 Å². The Hall–Kier alpha value is -1.59. The summed E-state index contributed by atoms with van der Waals surface area (Å²) in [5.74, 6) is -0.270. The number of benzene rings is 1. The van der Waals surface area contributed by atoms with Gasteiger partial charge in [-0.2, -0.15) is 0 Å². The first-order chi connectivity index (χ1) is 9.74. The molecule has 2 rings (SSSR count). The number of piperazine rings is 1. The van der Waals surface area contributed by atoms with Crippen LogP contribution in [0.5, 0.6) is 0 Å². The summed E-state index contributed by atoms with van der Waals surface area (Å²) >= 11 is 0. The number of anilines is 1. The maximum Gasteiger partial charge on any atom is 0.338 e. The molecule has 0 bridgehead atoms. The van der Waals surface area contributed by atoms with Crippen LogP contribution in [0.1, 0.15) is 17.3 Å². The smallest absolute Gasteiger partial charge is 0.338 e. The monoisotopic (exact) mass is 278 g/mol. The van der Waals surface area contributed by atoms with Gasteiger partial charge in [-0.25, -0.2) is 4.79 Å². The van der Waals surface area contributed by atoms with E-state index in [1.807, 2.05) is 25.1 Å². The zero-order valence-corrected chi connectivity index (χ0v) is 11.9. The molecule has 1 aromatic rings. The Balaban J connectivity index is 1.99. The summed E-state index contributed by atoms with van der Waals surface area (Å²) in [6.45, 7) is 6.83. The molecule has 1 N–H and O–H groups in total. The number of β-amino-alcohol motifs (C(OH)–C–C–N with tert-alkyl or cyclic N) is 1. The first kappa shape index (κ1) is 14.8. The van der Waals surface area contributed by atoms with Gasteiger partial charge >= 0.3 is 5.97 Å². The Bertz CT molecular complexity index is 442. The zero-order valence-electron chi connectivity index (χ0n) is 11.9. The van der Waals surface area contributed by atoms with Gasteiger partial charge in [-0.05, 0) is 25.1 Å². The van der Waals surface area contributed by atoms with E-state index >= 15 is 0 Å². The van der Waals surface area contributed by atoms with Gasteiger partial charge < -0.3 is 14.7 Å². The zero-order chi connectivity index (χ0) is 14.4. The minimum Gasteiger partial charge on any atom is -0.462 e. The second kappa shape index (κ2) is 7.26. The fourth-order valence-electron chi connectivity index (χ4n) is 2.42. The average Bonchev–Trinajstić information content (AvgIpc) is 2.49. The van der Waals surface area contributed by atoms with Crippen LogP contribution < -0.4 is 4.90 Å². The van der Waals surface area contributed by atoms with Gasteiger partial charge in [0.1, 0.15) is 0 Å². The van der Waals surface area contributed by atoms with Gasteiger partial charge in [0.05, 0.1) is 18.8 Å². The van der Waals surface area contributed by atoms with Crippen molar-refractivity contribution < 1.29 is 14.6 Å². The third kappa shape index (κ3) is 3.71. The lowest BCUT2D eigenvalue weighted by Crippen LogP contribution is -2.47. The molecule has 0 aliphatic carbocycles. The number of ether oxygens (including phenoxy) is 1. The lowest BCUT2D eigenvalue weighted by molar-refractivity contribution is 0.0526. The van der Waals surface area contributed by atoms with Crippen LogP contribution in [0.3, 0.4) is 0 Å². The number of hydrogen-bond acceptors (Lipinski definition) is 5. The predicted molar refractivity (Wildman–Crippen MR) is 78.1 cm³/mol.